The second kappa shape index (κ2) is 9.88. The summed E-state index contributed by atoms with van der Waals surface area (Å²) in [5.41, 5.74) is 3.99. The third-order valence-electron chi connectivity index (χ3n) is 4.54. The van der Waals surface area contributed by atoms with E-state index in [9.17, 15) is 19.7 Å². The van der Waals surface area contributed by atoms with E-state index in [1.54, 1.807) is 49.4 Å². The number of halogens is 1. The van der Waals surface area contributed by atoms with Crippen LogP contribution in [0, 0.1) is 17.0 Å². The van der Waals surface area contributed by atoms with Gasteiger partial charge in [0, 0.05) is 17.7 Å². The molecule has 2 amide bonds. The molecule has 0 unspecified atom stereocenters. The molecule has 0 spiro atoms. The van der Waals surface area contributed by atoms with Crippen molar-refractivity contribution in [1.29, 1.82) is 0 Å². The van der Waals surface area contributed by atoms with Gasteiger partial charge in [-0.1, -0.05) is 23.7 Å². The molecule has 0 saturated heterocycles. The summed E-state index contributed by atoms with van der Waals surface area (Å²) in [5, 5.41) is 17.5. The minimum atomic E-state index is -0.856. The topological polar surface area (TPSA) is 127 Å². The van der Waals surface area contributed by atoms with Gasteiger partial charge in [-0.15, -0.1) is 0 Å². The Morgan fingerprint density at radius 3 is 2.62 bits per heavy atom. The monoisotopic (exact) mass is 454 g/mol. The van der Waals surface area contributed by atoms with Crippen LogP contribution in [0.1, 0.15) is 28.6 Å². The quantitative estimate of drug-likeness (QED) is 0.316. The molecular weight excluding hydrogens is 436 g/mol. The minimum Gasteiger partial charge on any atom is -0.455 e. The van der Waals surface area contributed by atoms with Crippen molar-refractivity contribution < 1.29 is 18.9 Å². The first-order valence-corrected chi connectivity index (χ1v) is 9.87. The van der Waals surface area contributed by atoms with Crippen molar-refractivity contribution >= 4 is 35.3 Å². The second-order valence-corrected chi connectivity index (χ2v) is 7.27. The Morgan fingerprint density at radius 1 is 1.19 bits per heavy atom. The Hall–Kier alpha value is -3.98. The number of carbonyl (C=O) groups excluding carboxylic acids is 2. The number of aryl methyl sites for hydroxylation is 1. The number of hydrogen-bond acceptors (Lipinski definition) is 6. The van der Waals surface area contributed by atoms with Crippen molar-refractivity contribution in [1.82, 2.24) is 10.7 Å². The maximum Gasteiger partial charge on any atom is 0.269 e. The number of rotatable bonds is 7. The van der Waals surface area contributed by atoms with Gasteiger partial charge in [0.05, 0.1) is 21.7 Å². The fourth-order valence-corrected chi connectivity index (χ4v) is 3.07. The highest BCUT2D eigenvalue weighted by atomic mass is 35.5. The molecule has 32 heavy (non-hydrogen) atoms. The summed E-state index contributed by atoms with van der Waals surface area (Å²) in [4.78, 5) is 34.8. The number of amides is 2. The van der Waals surface area contributed by atoms with Crippen LogP contribution in [-0.4, -0.2) is 29.0 Å². The summed E-state index contributed by atoms with van der Waals surface area (Å²) in [7, 11) is 0. The molecule has 3 rings (SSSR count). The molecule has 3 aromatic rings. The number of nitrogens with one attached hydrogen (secondary N) is 2. The van der Waals surface area contributed by atoms with Crippen molar-refractivity contribution in [2.75, 3.05) is 0 Å². The summed E-state index contributed by atoms with van der Waals surface area (Å²) in [6, 6.07) is 13.5. The molecule has 0 saturated carbocycles. The average molecular weight is 455 g/mol. The van der Waals surface area contributed by atoms with Crippen molar-refractivity contribution in [3.63, 3.8) is 0 Å². The Labute approximate surface area is 188 Å². The van der Waals surface area contributed by atoms with Gasteiger partial charge in [-0.25, -0.2) is 5.43 Å². The molecule has 0 aliphatic heterocycles. The van der Waals surface area contributed by atoms with Gasteiger partial charge in [-0.3, -0.25) is 19.7 Å². The number of nitro benzene ring substituents is 1. The van der Waals surface area contributed by atoms with Gasteiger partial charge < -0.3 is 9.73 Å². The molecular formula is C22H19ClN4O5. The molecule has 0 bridgehead atoms. The van der Waals surface area contributed by atoms with Crippen LogP contribution in [0.4, 0.5) is 5.69 Å². The first-order valence-electron chi connectivity index (χ1n) is 9.50. The lowest BCUT2D eigenvalue weighted by molar-refractivity contribution is -0.384. The van der Waals surface area contributed by atoms with E-state index in [4.69, 9.17) is 16.0 Å². The highest BCUT2D eigenvalue weighted by molar-refractivity contribution is 6.33. The second-order valence-electron chi connectivity index (χ2n) is 6.87. The molecule has 0 fully saturated rings. The first-order chi connectivity index (χ1) is 15.3. The maximum absolute atomic E-state index is 12.2. The van der Waals surface area contributed by atoms with Crippen LogP contribution in [0.2, 0.25) is 5.02 Å². The van der Waals surface area contributed by atoms with Crippen LogP contribution in [0.3, 0.4) is 0 Å². The molecule has 2 aromatic carbocycles. The van der Waals surface area contributed by atoms with E-state index in [1.807, 2.05) is 0 Å². The molecule has 9 nitrogen and oxygen atoms in total. The molecule has 1 heterocycles. The lowest BCUT2D eigenvalue weighted by atomic mass is 10.1. The standard InChI is InChI=1S/C22H19ClN4O5/c1-13-11-15(27(30)31)7-9-17(13)20-10-8-16(32-20)12-24-26-21(28)14(2)25-22(29)18-5-3-4-6-19(18)23/h3-12,14H,1-2H3,(H,25,29)(H,26,28)/b24-12-/t14-/m0/s1. The smallest absolute Gasteiger partial charge is 0.269 e. The number of non-ortho nitro benzene ring substituents is 1. The number of furan rings is 1. The third kappa shape index (κ3) is 5.38. The number of benzene rings is 2. The van der Waals surface area contributed by atoms with Gasteiger partial charge in [0.1, 0.15) is 17.6 Å². The summed E-state index contributed by atoms with van der Waals surface area (Å²) < 4.78 is 5.67. The van der Waals surface area contributed by atoms with E-state index < -0.39 is 22.8 Å². The molecule has 1 atom stereocenters. The lowest BCUT2D eigenvalue weighted by Crippen LogP contribution is -2.43. The van der Waals surface area contributed by atoms with E-state index in [-0.39, 0.29) is 16.3 Å². The first kappa shape index (κ1) is 22.7. The predicted molar refractivity (Wildman–Crippen MR) is 120 cm³/mol. The minimum absolute atomic E-state index is 0.00180. The largest absolute Gasteiger partial charge is 0.455 e. The van der Waals surface area contributed by atoms with E-state index in [0.717, 1.165) is 0 Å². The molecule has 164 valence electrons. The van der Waals surface area contributed by atoms with Crippen molar-refractivity contribution in [3.05, 3.63) is 86.6 Å². The zero-order valence-corrected chi connectivity index (χ0v) is 17.9. The molecule has 1 aromatic heterocycles. The number of carbonyl (C=O) groups is 2. The Kier molecular flexibility index (Phi) is 7.01. The molecule has 0 aliphatic rings. The number of hydrazone groups is 1. The van der Waals surface area contributed by atoms with E-state index in [2.05, 4.69) is 15.8 Å². The van der Waals surface area contributed by atoms with Crippen molar-refractivity contribution in [2.45, 2.75) is 19.9 Å². The summed E-state index contributed by atoms with van der Waals surface area (Å²) in [6.45, 7) is 3.26. The van der Waals surface area contributed by atoms with Crippen LogP contribution in [0.25, 0.3) is 11.3 Å². The lowest BCUT2D eigenvalue weighted by Gasteiger charge is -2.12. The van der Waals surface area contributed by atoms with Crippen LogP contribution >= 0.6 is 11.6 Å². The fourth-order valence-electron chi connectivity index (χ4n) is 2.85. The van der Waals surface area contributed by atoms with E-state index >= 15 is 0 Å². The normalized spacial score (nSPS) is 11.8. The third-order valence-corrected chi connectivity index (χ3v) is 4.87. The van der Waals surface area contributed by atoms with Crippen LogP contribution < -0.4 is 10.7 Å². The number of nitro groups is 1. The fraction of sp³-hybridized carbons (Fsp3) is 0.136. The van der Waals surface area contributed by atoms with Gasteiger partial charge in [-0.2, -0.15) is 5.10 Å². The molecule has 2 N–H and O–H groups in total. The number of hydrogen-bond donors (Lipinski definition) is 2. The Morgan fingerprint density at radius 2 is 1.94 bits per heavy atom. The van der Waals surface area contributed by atoms with E-state index in [1.165, 1.54) is 25.3 Å². The zero-order valence-electron chi connectivity index (χ0n) is 17.2. The summed E-state index contributed by atoms with van der Waals surface area (Å²) >= 11 is 5.99. The van der Waals surface area contributed by atoms with Gasteiger partial charge >= 0.3 is 0 Å². The predicted octanol–water partition coefficient (Wildman–Crippen LogP) is 4.09. The van der Waals surface area contributed by atoms with Gasteiger partial charge in [0.25, 0.3) is 17.5 Å². The van der Waals surface area contributed by atoms with Crippen molar-refractivity contribution in [3.8, 4) is 11.3 Å². The van der Waals surface area contributed by atoms with Gasteiger partial charge in [0.15, 0.2) is 0 Å². The maximum atomic E-state index is 12.2. The van der Waals surface area contributed by atoms with Gasteiger partial charge in [-0.05, 0) is 49.7 Å². The highest BCUT2D eigenvalue weighted by Crippen LogP contribution is 2.28. The zero-order chi connectivity index (χ0) is 23.3. The van der Waals surface area contributed by atoms with Crippen molar-refractivity contribution in [2.24, 2.45) is 5.10 Å². The molecule has 0 aliphatic carbocycles. The summed E-state index contributed by atoms with van der Waals surface area (Å²) in [6.07, 6.45) is 1.31. The average Bonchev–Trinajstić information content (AvgIpc) is 3.22. The molecule has 10 heteroatoms. The van der Waals surface area contributed by atoms with Crippen LogP contribution in [-0.2, 0) is 4.79 Å². The van der Waals surface area contributed by atoms with E-state index in [0.29, 0.717) is 22.6 Å². The Balaban J connectivity index is 1.59. The number of nitrogens with zero attached hydrogens (tertiary/aromatic N) is 2. The Bertz CT molecular complexity index is 1200. The van der Waals surface area contributed by atoms with Crippen LogP contribution in [0.5, 0.6) is 0 Å². The van der Waals surface area contributed by atoms with Gasteiger partial charge in [0.2, 0.25) is 0 Å². The highest BCUT2D eigenvalue weighted by Gasteiger charge is 2.18. The SMILES string of the molecule is Cc1cc([N+](=O)[O-])ccc1-c1ccc(/C=N\NC(=O)[C@H](C)NC(=O)c2ccccc2Cl)o1. The molecule has 0 radical (unpaired) electrons. The van der Waals surface area contributed by atoms with Crippen LogP contribution in [0.15, 0.2) is 64.1 Å². The summed E-state index contributed by atoms with van der Waals surface area (Å²) in [5.74, 6) is -0.132.